The van der Waals surface area contributed by atoms with Gasteiger partial charge in [-0.05, 0) is 25.0 Å². The van der Waals surface area contributed by atoms with Gasteiger partial charge < -0.3 is 20.7 Å². The number of nitro benzene ring substituents is 1. The van der Waals surface area contributed by atoms with Gasteiger partial charge in [-0.3, -0.25) is 14.9 Å². The van der Waals surface area contributed by atoms with E-state index < -0.39 is 17.1 Å². The van der Waals surface area contributed by atoms with Crippen molar-refractivity contribution in [3.63, 3.8) is 0 Å². The van der Waals surface area contributed by atoms with Crippen molar-refractivity contribution >= 4 is 23.4 Å². The van der Waals surface area contributed by atoms with E-state index in [1.165, 1.54) is 23.1 Å². The third-order valence-corrected chi connectivity index (χ3v) is 3.66. The molecule has 23 heavy (non-hydrogen) atoms. The van der Waals surface area contributed by atoms with Crippen LogP contribution >= 0.6 is 0 Å². The fraction of sp³-hybridized carbons (Fsp3) is 0.429. The second-order valence-electron chi connectivity index (χ2n) is 5.19. The fourth-order valence-electron chi connectivity index (χ4n) is 2.59. The number of nitrogens with one attached hydrogen (secondary N) is 1. The van der Waals surface area contributed by atoms with Gasteiger partial charge in [0.1, 0.15) is 11.8 Å². The Morgan fingerprint density at radius 2 is 2.22 bits per heavy atom. The van der Waals surface area contributed by atoms with Crippen LogP contribution in [0.25, 0.3) is 0 Å². The first-order valence-electron chi connectivity index (χ1n) is 7.14. The van der Waals surface area contributed by atoms with Crippen LogP contribution in [-0.2, 0) is 4.74 Å². The van der Waals surface area contributed by atoms with Crippen LogP contribution < -0.4 is 11.1 Å². The van der Waals surface area contributed by atoms with Gasteiger partial charge in [0.25, 0.3) is 11.6 Å². The van der Waals surface area contributed by atoms with Gasteiger partial charge in [-0.25, -0.2) is 4.79 Å². The molecule has 1 aliphatic rings. The van der Waals surface area contributed by atoms with Gasteiger partial charge >= 0.3 is 6.09 Å². The Hall–Kier alpha value is -2.84. The zero-order valence-electron chi connectivity index (χ0n) is 12.7. The van der Waals surface area contributed by atoms with Crippen molar-refractivity contribution in [1.82, 2.24) is 4.90 Å². The number of rotatable bonds is 4. The quantitative estimate of drug-likeness (QED) is 0.636. The molecule has 2 amide bonds. The molecule has 1 saturated heterocycles. The Labute approximate surface area is 132 Å². The number of nitrogens with two attached hydrogens (primary N) is 1. The van der Waals surface area contributed by atoms with E-state index in [1.54, 1.807) is 7.05 Å². The largest absolute Gasteiger partial charge is 0.445 e. The smallest absolute Gasteiger partial charge is 0.404 e. The summed E-state index contributed by atoms with van der Waals surface area (Å²) in [6.45, 7) is 0.725. The highest BCUT2D eigenvalue weighted by Gasteiger charge is 2.27. The molecule has 0 aliphatic carbocycles. The summed E-state index contributed by atoms with van der Waals surface area (Å²) in [6, 6.07) is 4.26. The van der Waals surface area contributed by atoms with Crippen LogP contribution in [-0.4, -0.2) is 48.1 Å². The monoisotopic (exact) mass is 322 g/mol. The fourth-order valence-corrected chi connectivity index (χ4v) is 2.59. The lowest BCUT2D eigenvalue weighted by Crippen LogP contribution is -2.44. The van der Waals surface area contributed by atoms with Gasteiger partial charge in [0, 0.05) is 25.2 Å². The average molecular weight is 322 g/mol. The summed E-state index contributed by atoms with van der Waals surface area (Å²) in [4.78, 5) is 35.4. The van der Waals surface area contributed by atoms with Crippen molar-refractivity contribution in [2.24, 2.45) is 5.73 Å². The van der Waals surface area contributed by atoms with E-state index in [1.807, 2.05) is 0 Å². The number of nitro groups is 1. The molecule has 1 aromatic carbocycles. The highest BCUT2D eigenvalue weighted by molar-refractivity contribution is 5.95. The summed E-state index contributed by atoms with van der Waals surface area (Å²) in [5, 5.41) is 13.8. The molecule has 0 radical (unpaired) electrons. The molecule has 1 atom stereocenters. The predicted octanol–water partition coefficient (Wildman–Crippen LogP) is 1.34. The number of amides is 2. The molecule has 1 fully saturated rings. The zero-order chi connectivity index (χ0) is 17.0. The van der Waals surface area contributed by atoms with Crippen LogP contribution in [0.5, 0.6) is 0 Å². The van der Waals surface area contributed by atoms with Crippen molar-refractivity contribution in [2.45, 2.75) is 18.9 Å². The van der Waals surface area contributed by atoms with Crippen molar-refractivity contribution in [1.29, 1.82) is 0 Å². The first-order chi connectivity index (χ1) is 10.9. The Balaban J connectivity index is 2.18. The number of primary amides is 1. The Bertz CT molecular complexity index is 634. The van der Waals surface area contributed by atoms with Crippen LogP contribution in [0.4, 0.5) is 16.2 Å². The molecule has 1 unspecified atom stereocenters. The third-order valence-electron chi connectivity index (χ3n) is 3.66. The maximum absolute atomic E-state index is 12.5. The van der Waals surface area contributed by atoms with Crippen LogP contribution in [0.15, 0.2) is 18.2 Å². The molecular formula is C14H18N4O5. The number of carbonyl (C=O) groups is 2. The molecule has 1 heterocycles. The third kappa shape index (κ3) is 3.87. The van der Waals surface area contributed by atoms with E-state index in [9.17, 15) is 19.7 Å². The van der Waals surface area contributed by atoms with Crippen LogP contribution in [0, 0.1) is 10.1 Å². The lowest BCUT2D eigenvalue weighted by molar-refractivity contribution is -0.384. The topological polar surface area (TPSA) is 128 Å². The number of nitrogens with zero attached hydrogens (tertiary/aromatic N) is 2. The molecule has 0 aromatic heterocycles. The number of anilines is 1. The number of likely N-dealkylation sites (tertiary alicyclic amines) is 1. The molecule has 2 rings (SSSR count). The van der Waals surface area contributed by atoms with Gasteiger partial charge in [-0.1, -0.05) is 0 Å². The van der Waals surface area contributed by atoms with Crippen molar-refractivity contribution in [3.8, 4) is 0 Å². The molecule has 1 aromatic rings. The van der Waals surface area contributed by atoms with E-state index in [-0.39, 0.29) is 23.7 Å². The van der Waals surface area contributed by atoms with Gasteiger partial charge in [-0.15, -0.1) is 0 Å². The first-order valence-corrected chi connectivity index (χ1v) is 7.14. The highest BCUT2D eigenvalue weighted by atomic mass is 16.6. The van der Waals surface area contributed by atoms with E-state index in [4.69, 9.17) is 10.5 Å². The summed E-state index contributed by atoms with van der Waals surface area (Å²) in [5.41, 5.74) is 5.38. The molecule has 1 aliphatic heterocycles. The maximum atomic E-state index is 12.5. The van der Waals surface area contributed by atoms with Crippen LogP contribution in [0.3, 0.4) is 0 Å². The molecule has 0 bridgehead atoms. The SMILES string of the molecule is CNc1ccc(C(=O)N2CCCC(OC(N)=O)C2)cc1[N+](=O)[O-]. The lowest BCUT2D eigenvalue weighted by Gasteiger charge is -2.32. The number of benzene rings is 1. The van der Waals surface area contributed by atoms with Gasteiger partial charge in [0.15, 0.2) is 0 Å². The van der Waals surface area contributed by atoms with Gasteiger partial charge in [-0.2, -0.15) is 0 Å². The van der Waals surface area contributed by atoms with Crippen molar-refractivity contribution in [2.75, 3.05) is 25.5 Å². The molecule has 0 saturated carbocycles. The average Bonchev–Trinajstić information content (AvgIpc) is 2.53. The highest BCUT2D eigenvalue weighted by Crippen LogP contribution is 2.26. The Morgan fingerprint density at radius 3 is 2.83 bits per heavy atom. The minimum Gasteiger partial charge on any atom is -0.445 e. The van der Waals surface area contributed by atoms with Crippen LogP contribution in [0.2, 0.25) is 0 Å². The van der Waals surface area contributed by atoms with E-state index in [2.05, 4.69) is 5.32 Å². The molecule has 9 heteroatoms. The summed E-state index contributed by atoms with van der Waals surface area (Å²) in [5.74, 6) is -0.339. The predicted molar refractivity (Wildman–Crippen MR) is 82.2 cm³/mol. The summed E-state index contributed by atoms with van der Waals surface area (Å²) in [6.07, 6.45) is -0.0264. The second-order valence-corrected chi connectivity index (χ2v) is 5.19. The number of carbonyl (C=O) groups excluding carboxylic acids is 2. The van der Waals surface area contributed by atoms with Crippen molar-refractivity contribution in [3.05, 3.63) is 33.9 Å². The number of hydrogen-bond acceptors (Lipinski definition) is 6. The van der Waals surface area contributed by atoms with Gasteiger partial charge in [0.2, 0.25) is 0 Å². The van der Waals surface area contributed by atoms with E-state index in [0.717, 1.165) is 0 Å². The number of ether oxygens (including phenoxy) is 1. The second kappa shape index (κ2) is 6.95. The van der Waals surface area contributed by atoms with E-state index >= 15 is 0 Å². The number of piperidine rings is 1. The molecule has 124 valence electrons. The minimum absolute atomic E-state index is 0.166. The molecule has 0 spiro atoms. The molecular weight excluding hydrogens is 304 g/mol. The Kier molecular flexibility index (Phi) is 4.99. The summed E-state index contributed by atoms with van der Waals surface area (Å²) >= 11 is 0. The zero-order valence-corrected chi connectivity index (χ0v) is 12.7. The normalized spacial score (nSPS) is 17.4. The first kappa shape index (κ1) is 16.5. The van der Waals surface area contributed by atoms with Crippen LogP contribution in [0.1, 0.15) is 23.2 Å². The minimum atomic E-state index is -0.877. The Morgan fingerprint density at radius 1 is 1.48 bits per heavy atom. The van der Waals surface area contributed by atoms with E-state index in [0.29, 0.717) is 25.1 Å². The number of hydrogen-bond donors (Lipinski definition) is 2. The van der Waals surface area contributed by atoms with Crippen molar-refractivity contribution < 1.29 is 19.2 Å². The lowest BCUT2D eigenvalue weighted by atomic mass is 10.1. The standard InChI is InChI=1S/C14H18N4O5/c1-16-11-5-4-9(7-12(11)18(21)22)13(19)17-6-2-3-10(8-17)23-14(15)20/h4-5,7,10,16H,2-3,6,8H2,1H3,(H2,15,20). The van der Waals surface area contributed by atoms with Gasteiger partial charge in [0.05, 0.1) is 11.5 Å². The summed E-state index contributed by atoms with van der Waals surface area (Å²) in [7, 11) is 1.57. The maximum Gasteiger partial charge on any atom is 0.404 e. The molecule has 3 N–H and O–H groups in total. The summed E-state index contributed by atoms with van der Waals surface area (Å²) < 4.78 is 4.93. The molecule has 9 nitrogen and oxygen atoms in total.